The van der Waals surface area contributed by atoms with Gasteiger partial charge in [0.25, 0.3) is 0 Å². The predicted molar refractivity (Wildman–Crippen MR) is 95.0 cm³/mol. The van der Waals surface area contributed by atoms with E-state index >= 15 is 0 Å². The molecule has 5 nitrogen and oxygen atoms in total. The van der Waals surface area contributed by atoms with Crippen molar-refractivity contribution in [2.24, 2.45) is 5.41 Å². The standard InChI is InChI=1S/C18H23N3O2S/c22-13-18(8-9-18)12-20-17(23)19-10-15-11-24-16(21-15)7-6-14-4-2-1-3-5-14/h1-5,11,22H,6-10,12-13H2,(H2,19,20,23). The normalized spacial score (nSPS) is 15.0. The van der Waals surface area contributed by atoms with E-state index in [1.807, 2.05) is 23.6 Å². The van der Waals surface area contributed by atoms with E-state index in [1.54, 1.807) is 11.3 Å². The molecule has 1 aliphatic rings. The van der Waals surface area contributed by atoms with Gasteiger partial charge in [0, 0.05) is 23.8 Å². The maximum atomic E-state index is 11.8. The van der Waals surface area contributed by atoms with Crippen LogP contribution in [0.25, 0.3) is 0 Å². The maximum Gasteiger partial charge on any atom is 0.315 e. The second-order valence-electron chi connectivity index (χ2n) is 6.41. The molecular formula is C18H23N3O2S. The number of carbonyl (C=O) groups is 1. The largest absolute Gasteiger partial charge is 0.396 e. The Kier molecular flexibility index (Phi) is 5.48. The van der Waals surface area contributed by atoms with Crippen LogP contribution >= 0.6 is 11.3 Å². The Morgan fingerprint density at radius 3 is 2.71 bits per heavy atom. The molecule has 1 fully saturated rings. The summed E-state index contributed by atoms with van der Waals surface area (Å²) in [5.74, 6) is 0. The highest BCUT2D eigenvalue weighted by Crippen LogP contribution is 2.44. The third kappa shape index (κ3) is 4.79. The molecule has 0 radical (unpaired) electrons. The molecule has 128 valence electrons. The van der Waals surface area contributed by atoms with Crippen LogP contribution in [-0.4, -0.2) is 29.3 Å². The Labute approximate surface area is 146 Å². The van der Waals surface area contributed by atoms with Crippen molar-refractivity contribution < 1.29 is 9.90 Å². The van der Waals surface area contributed by atoms with Gasteiger partial charge in [-0.3, -0.25) is 0 Å². The third-order valence-electron chi connectivity index (χ3n) is 4.42. The summed E-state index contributed by atoms with van der Waals surface area (Å²) < 4.78 is 0. The number of aliphatic hydroxyl groups is 1. The zero-order valence-electron chi connectivity index (χ0n) is 13.6. The molecule has 2 aromatic rings. The number of benzene rings is 1. The van der Waals surface area contributed by atoms with E-state index in [0.717, 1.165) is 36.4 Å². The fourth-order valence-corrected chi connectivity index (χ4v) is 3.31. The molecule has 1 heterocycles. The molecule has 0 bridgehead atoms. The van der Waals surface area contributed by atoms with Crippen LogP contribution in [0.1, 0.15) is 29.1 Å². The molecule has 0 saturated heterocycles. The number of urea groups is 1. The van der Waals surface area contributed by atoms with Gasteiger partial charge in [0.1, 0.15) is 0 Å². The number of aryl methyl sites for hydroxylation is 2. The summed E-state index contributed by atoms with van der Waals surface area (Å²) in [5.41, 5.74) is 2.13. The van der Waals surface area contributed by atoms with E-state index in [4.69, 9.17) is 0 Å². The number of nitrogens with one attached hydrogen (secondary N) is 2. The Morgan fingerprint density at radius 2 is 2.00 bits per heavy atom. The Morgan fingerprint density at radius 1 is 1.21 bits per heavy atom. The maximum absolute atomic E-state index is 11.8. The second kappa shape index (κ2) is 7.77. The molecule has 3 N–H and O–H groups in total. The second-order valence-corrected chi connectivity index (χ2v) is 7.36. The number of thiazole rings is 1. The molecule has 0 unspecified atom stereocenters. The van der Waals surface area contributed by atoms with Gasteiger partial charge in [-0.25, -0.2) is 9.78 Å². The minimum Gasteiger partial charge on any atom is -0.396 e. The van der Waals surface area contributed by atoms with Crippen molar-refractivity contribution in [3.8, 4) is 0 Å². The van der Waals surface area contributed by atoms with Crippen LogP contribution in [0.3, 0.4) is 0 Å². The number of carbonyl (C=O) groups excluding carboxylic acids is 1. The smallest absolute Gasteiger partial charge is 0.315 e. The number of hydrogen-bond acceptors (Lipinski definition) is 4. The van der Waals surface area contributed by atoms with Crippen LogP contribution in [0, 0.1) is 5.41 Å². The average Bonchev–Trinajstić information content (AvgIpc) is 3.27. The van der Waals surface area contributed by atoms with Gasteiger partial charge in [-0.2, -0.15) is 0 Å². The zero-order chi connectivity index (χ0) is 16.8. The number of aromatic nitrogens is 1. The predicted octanol–water partition coefficient (Wildman–Crippen LogP) is 2.50. The molecule has 1 aromatic heterocycles. The van der Waals surface area contributed by atoms with Crippen molar-refractivity contribution in [1.29, 1.82) is 0 Å². The van der Waals surface area contributed by atoms with Crippen molar-refractivity contribution in [2.45, 2.75) is 32.2 Å². The van der Waals surface area contributed by atoms with Gasteiger partial charge in [-0.1, -0.05) is 30.3 Å². The Balaban J connectivity index is 1.38. The highest BCUT2D eigenvalue weighted by Gasteiger charge is 2.42. The molecule has 24 heavy (non-hydrogen) atoms. The molecule has 2 amide bonds. The first-order valence-corrected chi connectivity index (χ1v) is 9.17. The van der Waals surface area contributed by atoms with E-state index in [0.29, 0.717) is 13.1 Å². The number of aliphatic hydroxyl groups excluding tert-OH is 1. The lowest BCUT2D eigenvalue weighted by Crippen LogP contribution is -2.39. The van der Waals surface area contributed by atoms with Gasteiger partial charge in [0.15, 0.2) is 0 Å². The first-order valence-electron chi connectivity index (χ1n) is 8.29. The quantitative estimate of drug-likeness (QED) is 0.688. The minimum atomic E-state index is -0.200. The fourth-order valence-electron chi connectivity index (χ4n) is 2.51. The molecule has 3 rings (SSSR count). The molecule has 0 spiro atoms. The highest BCUT2D eigenvalue weighted by atomic mass is 32.1. The molecule has 0 aliphatic heterocycles. The third-order valence-corrected chi connectivity index (χ3v) is 5.37. The van der Waals surface area contributed by atoms with E-state index < -0.39 is 0 Å². The SMILES string of the molecule is O=C(NCc1csc(CCc2ccccc2)n1)NCC1(CO)CC1. The van der Waals surface area contributed by atoms with Gasteiger partial charge < -0.3 is 15.7 Å². The lowest BCUT2D eigenvalue weighted by Gasteiger charge is -2.12. The lowest BCUT2D eigenvalue weighted by atomic mass is 10.1. The van der Waals surface area contributed by atoms with Crippen LogP contribution in [0.2, 0.25) is 0 Å². The monoisotopic (exact) mass is 345 g/mol. The van der Waals surface area contributed by atoms with Gasteiger partial charge in [-0.05, 0) is 24.8 Å². The summed E-state index contributed by atoms with van der Waals surface area (Å²) in [4.78, 5) is 16.4. The van der Waals surface area contributed by atoms with Gasteiger partial charge in [-0.15, -0.1) is 11.3 Å². The average molecular weight is 345 g/mol. The highest BCUT2D eigenvalue weighted by molar-refractivity contribution is 7.09. The number of rotatable bonds is 8. The first kappa shape index (κ1) is 16.9. The van der Waals surface area contributed by atoms with Gasteiger partial charge in [0.2, 0.25) is 0 Å². The molecule has 1 saturated carbocycles. The number of hydrogen-bond donors (Lipinski definition) is 3. The van der Waals surface area contributed by atoms with Crippen LogP contribution in [0.4, 0.5) is 4.79 Å². The van der Waals surface area contributed by atoms with Crippen LogP contribution in [-0.2, 0) is 19.4 Å². The van der Waals surface area contributed by atoms with Crippen molar-refractivity contribution >= 4 is 17.4 Å². The summed E-state index contributed by atoms with van der Waals surface area (Å²) >= 11 is 1.64. The Bertz CT molecular complexity index is 668. The number of amides is 2. The van der Waals surface area contributed by atoms with Crippen LogP contribution in [0.5, 0.6) is 0 Å². The Hall–Kier alpha value is -1.92. The zero-order valence-corrected chi connectivity index (χ0v) is 14.4. The molecule has 1 aromatic carbocycles. The summed E-state index contributed by atoms with van der Waals surface area (Å²) in [6.45, 7) is 1.11. The number of nitrogens with zero attached hydrogens (tertiary/aromatic N) is 1. The molecule has 1 aliphatic carbocycles. The van der Waals surface area contributed by atoms with Crippen molar-refractivity contribution in [3.63, 3.8) is 0 Å². The van der Waals surface area contributed by atoms with Crippen molar-refractivity contribution in [2.75, 3.05) is 13.2 Å². The van der Waals surface area contributed by atoms with Gasteiger partial charge >= 0.3 is 6.03 Å². The van der Waals surface area contributed by atoms with Crippen molar-refractivity contribution in [1.82, 2.24) is 15.6 Å². The molecular weight excluding hydrogens is 322 g/mol. The van der Waals surface area contributed by atoms with E-state index in [2.05, 4.69) is 27.8 Å². The summed E-state index contributed by atoms with van der Waals surface area (Å²) in [6.07, 6.45) is 3.87. The van der Waals surface area contributed by atoms with Gasteiger partial charge in [0.05, 0.1) is 23.9 Å². The van der Waals surface area contributed by atoms with E-state index in [1.165, 1.54) is 5.56 Å². The van der Waals surface area contributed by atoms with Crippen molar-refractivity contribution in [3.05, 3.63) is 52.0 Å². The minimum absolute atomic E-state index is 0.0669. The van der Waals surface area contributed by atoms with E-state index in [-0.39, 0.29) is 18.1 Å². The molecule has 6 heteroatoms. The van der Waals surface area contributed by atoms with Crippen LogP contribution < -0.4 is 10.6 Å². The topological polar surface area (TPSA) is 74.2 Å². The summed E-state index contributed by atoms with van der Waals surface area (Å²) in [5, 5.41) is 18.0. The summed E-state index contributed by atoms with van der Waals surface area (Å²) in [7, 11) is 0. The van der Waals surface area contributed by atoms with Crippen LogP contribution in [0.15, 0.2) is 35.7 Å². The lowest BCUT2D eigenvalue weighted by molar-refractivity contribution is 0.203. The van der Waals surface area contributed by atoms with E-state index in [9.17, 15) is 9.90 Å². The molecule has 0 atom stereocenters. The summed E-state index contributed by atoms with van der Waals surface area (Å²) in [6, 6.07) is 10.2. The fraction of sp³-hybridized carbons (Fsp3) is 0.444. The first-order chi connectivity index (χ1) is 11.7.